The largest absolute Gasteiger partial charge is 1.00 e. The molecule has 0 amide bonds. The summed E-state index contributed by atoms with van der Waals surface area (Å²) in [7, 11) is 1.85. The minimum atomic E-state index is -0.756. The van der Waals surface area contributed by atoms with Crippen molar-refractivity contribution < 1.29 is 47.5 Å². The molecule has 6 rings (SSSR count). The summed E-state index contributed by atoms with van der Waals surface area (Å²) in [5.41, 5.74) is 4.28. The Labute approximate surface area is 244 Å². The predicted molar refractivity (Wildman–Crippen MR) is 139 cm³/mol. The van der Waals surface area contributed by atoms with Crippen molar-refractivity contribution in [3.63, 3.8) is 0 Å². The first-order chi connectivity index (χ1) is 18.3. The number of rotatable bonds is 7. The molecule has 39 heavy (non-hydrogen) atoms. The van der Waals surface area contributed by atoms with E-state index in [1.54, 1.807) is 15.5 Å². The van der Waals surface area contributed by atoms with Gasteiger partial charge in [-0.2, -0.15) is 0 Å². The van der Waals surface area contributed by atoms with Crippen LogP contribution in [0.5, 0.6) is 0 Å². The van der Waals surface area contributed by atoms with Crippen LogP contribution in [0.2, 0.25) is 0 Å². The molecule has 0 aliphatic carbocycles. The van der Waals surface area contributed by atoms with Gasteiger partial charge in [0.2, 0.25) is 11.7 Å². The SMILES string of the molecule is Cc1ccc(COC[C@H]2O[C@@H]([n+]3cn(C)c4c(=O)n(Cc5ccccc5)cnc43)[C@@H]3OC(C)(C)O[C@@H]32)cc1.[I-]. The van der Waals surface area contributed by atoms with Crippen molar-refractivity contribution in [2.75, 3.05) is 6.61 Å². The number of ether oxygens (including phenoxy) is 4. The van der Waals surface area contributed by atoms with E-state index in [1.165, 1.54) is 5.56 Å². The zero-order chi connectivity index (χ0) is 26.4. The summed E-state index contributed by atoms with van der Waals surface area (Å²) in [6, 6.07) is 18.2. The van der Waals surface area contributed by atoms with Crippen molar-refractivity contribution in [1.29, 1.82) is 0 Å². The smallest absolute Gasteiger partial charge is 0.311 e. The maximum Gasteiger partial charge on any atom is 0.311 e. The third-order valence-corrected chi connectivity index (χ3v) is 7.16. The second-order valence-corrected chi connectivity index (χ2v) is 10.6. The molecule has 2 aromatic carbocycles. The summed E-state index contributed by atoms with van der Waals surface area (Å²) in [5.74, 6) is -0.756. The fraction of sp³-hybridized carbons (Fsp3) is 0.414. The standard InChI is InChI=1S/C29H33N4O5.HI/c1-19-10-12-21(13-11-19)15-35-16-22-24-25(38-29(2,3)37-24)28(36-22)33-18-31(4)23-26(33)30-17-32(27(23)34)14-20-8-6-5-7-9-20;/h5-13,17-18,22,24-25,28H,14-16H2,1-4H3;1H/q+1;/p-1/t22-,24-,25-,28-;/m1./s1. The molecule has 206 valence electrons. The Morgan fingerprint density at radius 1 is 1.03 bits per heavy atom. The van der Waals surface area contributed by atoms with Crippen LogP contribution in [0, 0.1) is 6.92 Å². The van der Waals surface area contributed by atoms with Crippen LogP contribution in [0.3, 0.4) is 0 Å². The van der Waals surface area contributed by atoms with Crippen molar-refractivity contribution >= 4 is 11.2 Å². The van der Waals surface area contributed by atoms with Crippen LogP contribution in [0.4, 0.5) is 0 Å². The Morgan fingerprint density at radius 2 is 1.74 bits per heavy atom. The predicted octanol–water partition coefficient (Wildman–Crippen LogP) is 0.0175. The van der Waals surface area contributed by atoms with Gasteiger partial charge in [0.15, 0.2) is 18.4 Å². The Balaban J connectivity index is 0.00000308. The molecule has 0 unspecified atom stereocenters. The lowest BCUT2D eigenvalue weighted by molar-refractivity contribution is -0.746. The van der Waals surface area contributed by atoms with Gasteiger partial charge in [0.05, 0.1) is 26.8 Å². The lowest BCUT2D eigenvalue weighted by atomic mass is 10.1. The van der Waals surface area contributed by atoms with Crippen LogP contribution in [0.15, 0.2) is 72.0 Å². The molecule has 0 bridgehead atoms. The molecule has 0 N–H and O–H groups in total. The monoisotopic (exact) mass is 644 g/mol. The summed E-state index contributed by atoms with van der Waals surface area (Å²) in [5, 5.41) is 0. The van der Waals surface area contributed by atoms with Crippen LogP contribution in [0.1, 0.15) is 36.8 Å². The Kier molecular flexibility index (Phi) is 7.93. The quantitative estimate of drug-likeness (QED) is 0.209. The van der Waals surface area contributed by atoms with Gasteiger partial charge in [0.1, 0.15) is 18.3 Å². The molecule has 0 spiro atoms. The number of aromatic nitrogens is 4. The van der Waals surface area contributed by atoms with E-state index in [0.717, 1.165) is 11.1 Å². The van der Waals surface area contributed by atoms with E-state index in [0.29, 0.717) is 30.9 Å². The number of halogens is 1. The highest BCUT2D eigenvalue weighted by Crippen LogP contribution is 2.41. The molecule has 2 fully saturated rings. The molecule has 2 saturated heterocycles. The van der Waals surface area contributed by atoms with E-state index in [2.05, 4.69) is 36.2 Å². The van der Waals surface area contributed by atoms with E-state index >= 15 is 0 Å². The Hall–Kier alpha value is -2.64. The summed E-state index contributed by atoms with van der Waals surface area (Å²) in [4.78, 5) is 18.1. The average molecular weight is 645 g/mol. The van der Waals surface area contributed by atoms with E-state index in [-0.39, 0.29) is 47.8 Å². The fourth-order valence-electron chi connectivity index (χ4n) is 5.34. The molecule has 4 heterocycles. The first kappa shape index (κ1) is 27.9. The topological polar surface area (TPSA) is 80.6 Å². The summed E-state index contributed by atoms with van der Waals surface area (Å²) in [6.07, 6.45) is 1.90. The van der Waals surface area contributed by atoms with Gasteiger partial charge in [0, 0.05) is 0 Å². The third-order valence-electron chi connectivity index (χ3n) is 7.16. The molecule has 4 aromatic rings. The maximum atomic E-state index is 13.4. The third kappa shape index (κ3) is 5.53. The molecule has 4 atom stereocenters. The first-order valence-corrected chi connectivity index (χ1v) is 12.9. The average Bonchev–Trinajstić information content (AvgIpc) is 3.51. The lowest BCUT2D eigenvalue weighted by Gasteiger charge is -2.23. The Morgan fingerprint density at radius 3 is 2.49 bits per heavy atom. The lowest BCUT2D eigenvalue weighted by Crippen LogP contribution is -3.00. The van der Waals surface area contributed by atoms with Crippen LogP contribution in [-0.4, -0.2) is 44.8 Å². The zero-order valence-corrected chi connectivity index (χ0v) is 24.6. The van der Waals surface area contributed by atoms with E-state index < -0.39 is 12.0 Å². The molecule has 0 radical (unpaired) electrons. The molecule has 2 aromatic heterocycles. The highest BCUT2D eigenvalue weighted by molar-refractivity contribution is 5.65. The van der Waals surface area contributed by atoms with Gasteiger partial charge >= 0.3 is 5.65 Å². The van der Waals surface area contributed by atoms with Gasteiger partial charge in [-0.3, -0.25) is 13.9 Å². The van der Waals surface area contributed by atoms with Crippen LogP contribution < -0.4 is 34.1 Å². The van der Waals surface area contributed by atoms with Gasteiger partial charge in [-0.1, -0.05) is 65.1 Å². The second kappa shape index (κ2) is 11.1. The molecule has 2 aliphatic heterocycles. The highest BCUT2D eigenvalue weighted by Gasteiger charge is 2.57. The van der Waals surface area contributed by atoms with Gasteiger partial charge < -0.3 is 42.9 Å². The number of imidazole rings is 1. The molecule has 10 heteroatoms. The Bertz CT molecular complexity index is 1500. The van der Waals surface area contributed by atoms with Crippen molar-refractivity contribution in [3.05, 3.63) is 94.3 Å². The molecule has 9 nitrogen and oxygen atoms in total. The number of aryl methyl sites for hydroxylation is 2. The summed E-state index contributed by atoms with van der Waals surface area (Å²) in [6.45, 7) is 7.16. The van der Waals surface area contributed by atoms with Crippen molar-refractivity contribution in [3.8, 4) is 0 Å². The first-order valence-electron chi connectivity index (χ1n) is 12.9. The number of nitrogens with zero attached hydrogens (tertiary/aromatic N) is 4. The van der Waals surface area contributed by atoms with E-state index in [9.17, 15) is 4.79 Å². The van der Waals surface area contributed by atoms with Crippen molar-refractivity contribution in [2.24, 2.45) is 7.05 Å². The molecule has 0 saturated carbocycles. The molecular formula is C29H33IN4O5. The van der Waals surface area contributed by atoms with Crippen LogP contribution >= 0.6 is 0 Å². The van der Waals surface area contributed by atoms with Gasteiger partial charge in [0.25, 0.3) is 5.56 Å². The number of hydrogen-bond acceptors (Lipinski definition) is 6. The van der Waals surface area contributed by atoms with E-state index in [4.69, 9.17) is 18.9 Å². The number of hydrogen-bond donors (Lipinski definition) is 0. The number of benzene rings is 2. The van der Waals surface area contributed by atoms with Crippen LogP contribution in [-0.2, 0) is 39.1 Å². The minimum Gasteiger partial charge on any atom is -1.00 e. The summed E-state index contributed by atoms with van der Waals surface area (Å²) < 4.78 is 30.4. The second-order valence-electron chi connectivity index (χ2n) is 10.6. The number of fused-ring (bicyclic) bond motifs is 2. The van der Waals surface area contributed by atoms with Gasteiger partial charge in [-0.05, 0) is 31.9 Å². The molecular weight excluding hydrogens is 611 g/mol. The molecule has 2 aliphatic rings. The van der Waals surface area contributed by atoms with Crippen LogP contribution in [0.25, 0.3) is 11.2 Å². The minimum absolute atomic E-state index is 0. The normalized spacial score (nSPS) is 23.6. The van der Waals surface area contributed by atoms with Gasteiger partial charge in [-0.15, -0.1) is 0 Å². The highest BCUT2D eigenvalue weighted by atomic mass is 127. The van der Waals surface area contributed by atoms with Crippen molar-refractivity contribution in [1.82, 2.24) is 14.1 Å². The zero-order valence-electron chi connectivity index (χ0n) is 22.5. The van der Waals surface area contributed by atoms with Crippen molar-refractivity contribution in [2.45, 2.75) is 64.2 Å². The summed E-state index contributed by atoms with van der Waals surface area (Å²) >= 11 is 0. The van der Waals surface area contributed by atoms with Gasteiger partial charge in [-0.25, -0.2) is 4.57 Å². The van der Waals surface area contributed by atoms with E-state index in [1.807, 2.05) is 62.1 Å². The maximum absolute atomic E-state index is 13.4. The fourth-order valence-corrected chi connectivity index (χ4v) is 5.34.